The van der Waals surface area contributed by atoms with E-state index < -0.39 is 11.9 Å². The standard InChI is InChI=1S/C31H35N3O6/c1-19-5-6-22(29(36)32-24-8-9-24)16-26(19)21-7-10-25-23(15-20(2)39-27(25)17-21)18-28(35)33-11-13-34(14-12-33)30(37)40-31(3,4)38/h5-7,10,15-17,24,38H,2,8-9,11-14,18H2,1,3-4H3,(H,32,36). The van der Waals surface area contributed by atoms with Crippen molar-refractivity contribution in [3.05, 3.63) is 71.5 Å². The smallest absolute Gasteiger partial charge is 0.412 e. The zero-order valence-electron chi connectivity index (χ0n) is 23.2. The van der Waals surface area contributed by atoms with Crippen LogP contribution in [0.25, 0.3) is 16.7 Å². The fourth-order valence-electron chi connectivity index (χ4n) is 4.89. The van der Waals surface area contributed by atoms with E-state index in [1.807, 2.05) is 43.3 Å². The van der Waals surface area contributed by atoms with Crippen LogP contribution in [-0.2, 0) is 9.53 Å². The van der Waals surface area contributed by atoms with Crippen LogP contribution >= 0.6 is 0 Å². The van der Waals surface area contributed by atoms with Crippen molar-refractivity contribution in [2.24, 2.45) is 0 Å². The molecule has 2 aromatic rings. The number of hydrogen-bond donors (Lipinski definition) is 2. The Bertz CT molecular complexity index is 1390. The van der Waals surface area contributed by atoms with Crippen LogP contribution < -0.4 is 10.1 Å². The molecule has 40 heavy (non-hydrogen) atoms. The monoisotopic (exact) mass is 545 g/mol. The van der Waals surface area contributed by atoms with Crippen LogP contribution in [-0.4, -0.2) is 70.8 Å². The average Bonchev–Trinajstić information content (AvgIpc) is 3.71. The SMILES string of the molecule is C=C1C=C(CC(=O)N2CCN(C(=O)OC(C)(C)O)CC2)c2ccc(-c3cc(C(=O)NC4CC4)ccc3C)cc2O1. The summed E-state index contributed by atoms with van der Waals surface area (Å²) in [6, 6.07) is 11.8. The number of aliphatic hydroxyl groups is 1. The quantitative estimate of drug-likeness (QED) is 0.526. The predicted octanol–water partition coefficient (Wildman–Crippen LogP) is 4.24. The Morgan fingerprint density at radius 2 is 1.75 bits per heavy atom. The molecule has 2 heterocycles. The van der Waals surface area contributed by atoms with Crippen LogP contribution in [0.15, 0.2) is 54.8 Å². The van der Waals surface area contributed by atoms with Crippen molar-refractivity contribution in [3.8, 4) is 16.9 Å². The molecule has 0 atom stereocenters. The van der Waals surface area contributed by atoms with Gasteiger partial charge in [-0.3, -0.25) is 9.59 Å². The average molecular weight is 546 g/mol. The molecule has 1 saturated heterocycles. The molecule has 1 saturated carbocycles. The van der Waals surface area contributed by atoms with Gasteiger partial charge in [-0.05, 0) is 66.3 Å². The minimum Gasteiger partial charge on any atom is -0.457 e. The lowest BCUT2D eigenvalue weighted by molar-refractivity contribution is -0.143. The zero-order chi connectivity index (χ0) is 28.6. The number of carbonyl (C=O) groups is 3. The fourth-order valence-corrected chi connectivity index (χ4v) is 4.89. The minimum atomic E-state index is -1.55. The summed E-state index contributed by atoms with van der Waals surface area (Å²) >= 11 is 0. The van der Waals surface area contributed by atoms with Crippen LogP contribution in [0, 0.1) is 6.92 Å². The van der Waals surface area contributed by atoms with E-state index in [2.05, 4.69) is 11.9 Å². The third kappa shape index (κ3) is 6.37. The molecule has 1 aliphatic carbocycles. The van der Waals surface area contributed by atoms with Crippen molar-refractivity contribution in [2.45, 2.75) is 51.9 Å². The van der Waals surface area contributed by atoms with Gasteiger partial charge in [-0.1, -0.05) is 24.8 Å². The van der Waals surface area contributed by atoms with Gasteiger partial charge in [0, 0.05) is 57.2 Å². The molecule has 9 nitrogen and oxygen atoms in total. The highest BCUT2D eigenvalue weighted by molar-refractivity contribution is 5.96. The van der Waals surface area contributed by atoms with E-state index in [9.17, 15) is 19.5 Å². The normalized spacial score (nSPS) is 17.0. The van der Waals surface area contributed by atoms with Crippen molar-refractivity contribution in [1.29, 1.82) is 0 Å². The van der Waals surface area contributed by atoms with E-state index >= 15 is 0 Å². The number of aryl methyl sites for hydroxylation is 1. The van der Waals surface area contributed by atoms with Crippen LogP contribution in [0.3, 0.4) is 0 Å². The Balaban J connectivity index is 1.28. The minimum absolute atomic E-state index is 0.0586. The molecule has 0 spiro atoms. The lowest BCUT2D eigenvalue weighted by Gasteiger charge is -2.35. The highest BCUT2D eigenvalue weighted by atomic mass is 16.7. The molecular weight excluding hydrogens is 510 g/mol. The number of nitrogens with zero attached hydrogens (tertiary/aromatic N) is 2. The maximum atomic E-state index is 13.2. The fraction of sp³-hybridized carbons (Fsp3) is 0.387. The summed E-state index contributed by atoms with van der Waals surface area (Å²) in [5.41, 5.74) is 5.13. The topological polar surface area (TPSA) is 108 Å². The molecule has 2 aliphatic heterocycles. The first-order valence-corrected chi connectivity index (χ1v) is 13.6. The maximum absolute atomic E-state index is 13.2. The van der Waals surface area contributed by atoms with Crippen molar-refractivity contribution < 1.29 is 29.0 Å². The Morgan fingerprint density at radius 3 is 2.42 bits per heavy atom. The predicted molar refractivity (Wildman–Crippen MR) is 150 cm³/mol. The number of amides is 3. The van der Waals surface area contributed by atoms with Gasteiger partial charge in [-0.25, -0.2) is 4.79 Å². The highest BCUT2D eigenvalue weighted by Gasteiger charge is 2.30. The van der Waals surface area contributed by atoms with Gasteiger partial charge < -0.3 is 29.7 Å². The lowest BCUT2D eigenvalue weighted by Crippen LogP contribution is -2.51. The molecule has 2 aromatic carbocycles. The zero-order valence-corrected chi connectivity index (χ0v) is 23.2. The second-order valence-electron chi connectivity index (χ2n) is 11.1. The number of benzene rings is 2. The molecule has 2 N–H and O–H groups in total. The summed E-state index contributed by atoms with van der Waals surface area (Å²) < 4.78 is 11.0. The molecule has 0 aromatic heterocycles. The van der Waals surface area contributed by atoms with Crippen LogP contribution in [0.4, 0.5) is 4.79 Å². The highest BCUT2D eigenvalue weighted by Crippen LogP contribution is 2.39. The maximum Gasteiger partial charge on any atom is 0.412 e. The van der Waals surface area contributed by atoms with E-state index in [0.29, 0.717) is 43.3 Å². The summed E-state index contributed by atoms with van der Waals surface area (Å²) in [6.45, 7) is 10.2. The van der Waals surface area contributed by atoms with Crippen molar-refractivity contribution in [2.75, 3.05) is 26.2 Å². The Hall–Kier alpha value is -4.11. The summed E-state index contributed by atoms with van der Waals surface area (Å²) in [4.78, 5) is 41.3. The van der Waals surface area contributed by atoms with Crippen LogP contribution in [0.5, 0.6) is 5.75 Å². The molecule has 0 radical (unpaired) electrons. The first-order valence-electron chi connectivity index (χ1n) is 13.6. The first-order chi connectivity index (χ1) is 19.0. The number of nitrogens with one attached hydrogen (secondary N) is 1. The largest absolute Gasteiger partial charge is 0.457 e. The van der Waals surface area contributed by atoms with E-state index in [0.717, 1.165) is 40.7 Å². The number of rotatable bonds is 6. The molecule has 0 unspecified atom stereocenters. The molecule has 3 aliphatic rings. The van der Waals surface area contributed by atoms with Gasteiger partial charge in [0.25, 0.3) is 5.91 Å². The molecule has 9 heteroatoms. The molecule has 210 valence electrons. The molecule has 0 bridgehead atoms. The van der Waals surface area contributed by atoms with Gasteiger partial charge in [0.2, 0.25) is 11.7 Å². The lowest BCUT2D eigenvalue weighted by atomic mass is 9.93. The summed E-state index contributed by atoms with van der Waals surface area (Å²) in [7, 11) is 0. The van der Waals surface area contributed by atoms with Gasteiger partial charge in [0.15, 0.2) is 0 Å². The number of piperazine rings is 1. The van der Waals surface area contributed by atoms with Crippen LogP contribution in [0.1, 0.15) is 54.6 Å². The van der Waals surface area contributed by atoms with Crippen molar-refractivity contribution >= 4 is 23.5 Å². The molecule has 2 fully saturated rings. The number of allylic oxidation sites excluding steroid dienone is 1. The Labute approximate surface area is 234 Å². The van der Waals surface area contributed by atoms with Gasteiger partial charge in [-0.15, -0.1) is 0 Å². The molecular formula is C31H35N3O6. The molecule has 5 rings (SSSR count). The number of carbonyl (C=O) groups excluding carboxylic acids is 3. The third-order valence-electron chi connectivity index (χ3n) is 7.20. The first kappa shape index (κ1) is 27.5. The number of fused-ring (bicyclic) bond motifs is 1. The van der Waals surface area contributed by atoms with Gasteiger partial charge >= 0.3 is 6.09 Å². The van der Waals surface area contributed by atoms with E-state index in [-0.39, 0.29) is 24.3 Å². The summed E-state index contributed by atoms with van der Waals surface area (Å²) in [6.07, 6.45) is 3.41. The Kier molecular flexibility index (Phi) is 7.42. The van der Waals surface area contributed by atoms with Gasteiger partial charge in [0.1, 0.15) is 11.5 Å². The van der Waals surface area contributed by atoms with Gasteiger partial charge in [0.05, 0.1) is 6.42 Å². The van der Waals surface area contributed by atoms with E-state index in [4.69, 9.17) is 9.47 Å². The van der Waals surface area contributed by atoms with Crippen molar-refractivity contribution in [1.82, 2.24) is 15.1 Å². The Morgan fingerprint density at radius 1 is 1.05 bits per heavy atom. The van der Waals surface area contributed by atoms with E-state index in [1.54, 1.807) is 11.0 Å². The molecule has 3 amide bonds. The summed E-state index contributed by atoms with van der Waals surface area (Å²) in [5, 5.41) is 12.8. The third-order valence-corrected chi connectivity index (χ3v) is 7.20. The second-order valence-corrected chi connectivity index (χ2v) is 11.1. The van der Waals surface area contributed by atoms with Crippen molar-refractivity contribution in [3.63, 3.8) is 0 Å². The number of hydrogen-bond acceptors (Lipinski definition) is 6. The van der Waals surface area contributed by atoms with Crippen LogP contribution in [0.2, 0.25) is 0 Å². The van der Waals surface area contributed by atoms with E-state index in [1.165, 1.54) is 18.7 Å². The summed E-state index contributed by atoms with van der Waals surface area (Å²) in [5.74, 6) is -0.622. The number of ether oxygens (including phenoxy) is 2. The van der Waals surface area contributed by atoms with Gasteiger partial charge in [-0.2, -0.15) is 0 Å². The second kappa shape index (κ2) is 10.8.